The number of likely N-dealkylation sites (tertiary alicyclic amines) is 1. The van der Waals surface area contributed by atoms with Crippen LogP contribution in [0.1, 0.15) is 55.8 Å². The van der Waals surface area contributed by atoms with Crippen LogP contribution in [0.4, 0.5) is 5.69 Å². The van der Waals surface area contributed by atoms with E-state index in [9.17, 15) is 19.5 Å². The van der Waals surface area contributed by atoms with Crippen molar-refractivity contribution in [2.24, 2.45) is 11.3 Å². The molecule has 2 N–H and O–H groups in total. The maximum absolute atomic E-state index is 12.7. The van der Waals surface area contributed by atoms with Gasteiger partial charge in [0.2, 0.25) is 5.91 Å². The average molecular weight is 358 g/mol. The second-order valence-corrected chi connectivity index (χ2v) is 7.75. The van der Waals surface area contributed by atoms with Gasteiger partial charge in [-0.25, -0.2) is 0 Å². The van der Waals surface area contributed by atoms with Crippen LogP contribution in [0.2, 0.25) is 0 Å². The summed E-state index contributed by atoms with van der Waals surface area (Å²) in [5.74, 6) is -0.989. The van der Waals surface area contributed by atoms with Gasteiger partial charge in [-0.15, -0.1) is 0 Å². The van der Waals surface area contributed by atoms with Crippen molar-refractivity contribution in [3.05, 3.63) is 29.8 Å². The summed E-state index contributed by atoms with van der Waals surface area (Å²) in [5, 5.41) is 12.3. The third-order valence-electron chi connectivity index (χ3n) is 5.63. The van der Waals surface area contributed by atoms with Gasteiger partial charge >= 0.3 is 5.97 Å². The molecule has 2 amide bonds. The lowest BCUT2D eigenvalue weighted by Crippen LogP contribution is -2.34. The molecule has 1 aliphatic heterocycles. The number of rotatable bonds is 4. The van der Waals surface area contributed by atoms with Crippen LogP contribution in [0, 0.1) is 11.3 Å². The first-order valence-electron chi connectivity index (χ1n) is 9.33. The minimum atomic E-state index is -0.886. The third kappa shape index (κ3) is 3.89. The summed E-state index contributed by atoms with van der Waals surface area (Å²) in [4.78, 5) is 38.1. The van der Waals surface area contributed by atoms with Crippen molar-refractivity contribution in [1.29, 1.82) is 0 Å². The molecule has 1 unspecified atom stereocenters. The molecule has 2 aliphatic rings. The Morgan fingerprint density at radius 3 is 2.58 bits per heavy atom. The molecular weight excluding hydrogens is 332 g/mol. The first-order valence-corrected chi connectivity index (χ1v) is 9.33. The van der Waals surface area contributed by atoms with E-state index in [1.807, 2.05) is 0 Å². The number of aliphatic carboxylic acids is 1. The van der Waals surface area contributed by atoms with E-state index in [4.69, 9.17) is 0 Å². The van der Waals surface area contributed by atoms with E-state index in [0.29, 0.717) is 24.2 Å². The second kappa shape index (κ2) is 7.48. The number of carboxylic acid groups (broad SMARTS) is 1. The molecular formula is C20H26N2O4. The Morgan fingerprint density at radius 2 is 1.92 bits per heavy atom. The number of nitrogens with zero attached hydrogens (tertiary/aromatic N) is 1. The SMILES string of the molecule is CC1(C(=O)O)CCN(C(=O)c2cccc(NC(=O)C3CCCCC3)c2)C1. The molecule has 1 heterocycles. The van der Waals surface area contributed by atoms with Crippen LogP contribution in [0.3, 0.4) is 0 Å². The number of amides is 2. The van der Waals surface area contributed by atoms with Crippen LogP contribution < -0.4 is 5.32 Å². The van der Waals surface area contributed by atoms with Gasteiger partial charge in [-0.1, -0.05) is 25.3 Å². The molecule has 1 atom stereocenters. The fourth-order valence-electron chi connectivity index (χ4n) is 3.83. The highest BCUT2D eigenvalue weighted by atomic mass is 16.4. The molecule has 6 heteroatoms. The van der Waals surface area contributed by atoms with Crippen LogP contribution in [-0.2, 0) is 9.59 Å². The number of benzene rings is 1. The highest BCUT2D eigenvalue weighted by molar-refractivity contribution is 5.98. The van der Waals surface area contributed by atoms with Gasteiger partial charge in [-0.2, -0.15) is 0 Å². The number of hydrogen-bond donors (Lipinski definition) is 2. The molecule has 3 rings (SSSR count). The van der Waals surface area contributed by atoms with Crippen LogP contribution in [0.5, 0.6) is 0 Å². The van der Waals surface area contributed by atoms with E-state index >= 15 is 0 Å². The quantitative estimate of drug-likeness (QED) is 0.866. The molecule has 26 heavy (non-hydrogen) atoms. The van der Waals surface area contributed by atoms with Crippen molar-refractivity contribution in [2.45, 2.75) is 45.4 Å². The average Bonchev–Trinajstić information content (AvgIpc) is 3.06. The monoisotopic (exact) mass is 358 g/mol. The van der Waals surface area contributed by atoms with Gasteiger partial charge in [0.25, 0.3) is 5.91 Å². The fourth-order valence-corrected chi connectivity index (χ4v) is 3.83. The number of hydrogen-bond acceptors (Lipinski definition) is 3. The molecule has 1 aliphatic carbocycles. The van der Waals surface area contributed by atoms with Gasteiger partial charge in [0.1, 0.15) is 0 Å². The lowest BCUT2D eigenvalue weighted by Gasteiger charge is -2.22. The van der Waals surface area contributed by atoms with E-state index in [2.05, 4.69) is 5.32 Å². The number of nitrogens with one attached hydrogen (secondary N) is 1. The van der Waals surface area contributed by atoms with Gasteiger partial charge in [0.05, 0.1) is 5.41 Å². The predicted octanol–water partition coefficient (Wildman–Crippen LogP) is 3.14. The maximum atomic E-state index is 12.7. The van der Waals surface area contributed by atoms with Crippen molar-refractivity contribution >= 4 is 23.5 Å². The zero-order valence-electron chi connectivity index (χ0n) is 15.2. The molecule has 1 aromatic carbocycles. The Hall–Kier alpha value is -2.37. The third-order valence-corrected chi connectivity index (χ3v) is 5.63. The van der Waals surface area contributed by atoms with Crippen LogP contribution in [0.15, 0.2) is 24.3 Å². The van der Waals surface area contributed by atoms with Crippen LogP contribution >= 0.6 is 0 Å². The summed E-state index contributed by atoms with van der Waals surface area (Å²) in [6.07, 6.45) is 5.67. The molecule has 0 aromatic heterocycles. The Bertz CT molecular complexity index is 712. The molecule has 0 bridgehead atoms. The molecule has 1 saturated carbocycles. The first-order chi connectivity index (χ1) is 12.4. The van der Waals surface area contributed by atoms with Crippen molar-refractivity contribution in [1.82, 2.24) is 4.90 Å². The highest BCUT2D eigenvalue weighted by Crippen LogP contribution is 2.31. The Morgan fingerprint density at radius 1 is 1.19 bits per heavy atom. The van der Waals surface area contributed by atoms with Gasteiger partial charge < -0.3 is 15.3 Å². The number of anilines is 1. The summed E-state index contributed by atoms with van der Waals surface area (Å²) < 4.78 is 0. The minimum Gasteiger partial charge on any atom is -0.481 e. The Kier molecular flexibility index (Phi) is 5.30. The summed E-state index contributed by atoms with van der Waals surface area (Å²) in [7, 11) is 0. The highest BCUT2D eigenvalue weighted by Gasteiger charge is 2.42. The van der Waals surface area contributed by atoms with Crippen molar-refractivity contribution in [3.8, 4) is 0 Å². The standard InChI is InChI=1S/C20H26N2O4/c1-20(19(25)26)10-11-22(13-20)18(24)15-8-5-9-16(12-15)21-17(23)14-6-3-2-4-7-14/h5,8-9,12,14H,2-4,6-7,10-11,13H2,1H3,(H,21,23)(H,25,26). The number of carbonyl (C=O) groups is 3. The summed E-state index contributed by atoms with van der Waals surface area (Å²) in [5.41, 5.74) is 0.204. The normalized spacial score (nSPS) is 23.7. The number of carbonyl (C=O) groups excluding carboxylic acids is 2. The Labute approximate surface area is 153 Å². The van der Waals surface area contributed by atoms with Crippen molar-refractivity contribution in [2.75, 3.05) is 18.4 Å². The Balaban J connectivity index is 1.66. The largest absolute Gasteiger partial charge is 0.481 e. The van der Waals surface area contributed by atoms with Crippen LogP contribution in [-0.4, -0.2) is 40.9 Å². The molecule has 1 saturated heterocycles. The van der Waals surface area contributed by atoms with E-state index in [1.54, 1.807) is 36.1 Å². The molecule has 2 fully saturated rings. The topological polar surface area (TPSA) is 86.7 Å². The second-order valence-electron chi connectivity index (χ2n) is 7.75. The molecule has 6 nitrogen and oxygen atoms in total. The maximum Gasteiger partial charge on any atom is 0.311 e. The summed E-state index contributed by atoms with van der Waals surface area (Å²) in [6.45, 7) is 2.31. The van der Waals surface area contributed by atoms with Crippen molar-refractivity contribution in [3.63, 3.8) is 0 Å². The van der Waals surface area contributed by atoms with Gasteiger partial charge in [0, 0.05) is 30.3 Å². The number of carboxylic acids is 1. The smallest absolute Gasteiger partial charge is 0.311 e. The van der Waals surface area contributed by atoms with E-state index in [1.165, 1.54) is 6.42 Å². The molecule has 140 valence electrons. The minimum absolute atomic E-state index is 0.0222. The zero-order valence-corrected chi connectivity index (χ0v) is 15.2. The lowest BCUT2D eigenvalue weighted by molar-refractivity contribution is -0.147. The predicted molar refractivity (Wildman–Crippen MR) is 97.9 cm³/mol. The van der Waals surface area contributed by atoms with E-state index in [-0.39, 0.29) is 24.3 Å². The van der Waals surface area contributed by atoms with Gasteiger partial charge in [0.15, 0.2) is 0 Å². The lowest BCUT2D eigenvalue weighted by atomic mass is 9.88. The molecule has 0 radical (unpaired) electrons. The van der Waals surface area contributed by atoms with E-state index < -0.39 is 11.4 Å². The first kappa shape index (κ1) is 18.4. The van der Waals surface area contributed by atoms with E-state index in [0.717, 1.165) is 25.7 Å². The van der Waals surface area contributed by atoms with Gasteiger partial charge in [-0.3, -0.25) is 14.4 Å². The summed E-state index contributed by atoms with van der Waals surface area (Å²) in [6, 6.07) is 6.91. The van der Waals surface area contributed by atoms with Gasteiger partial charge in [-0.05, 0) is 44.4 Å². The molecule has 0 spiro atoms. The zero-order chi connectivity index (χ0) is 18.7. The summed E-state index contributed by atoms with van der Waals surface area (Å²) >= 11 is 0. The van der Waals surface area contributed by atoms with Crippen LogP contribution in [0.25, 0.3) is 0 Å². The molecule has 1 aromatic rings. The van der Waals surface area contributed by atoms with Crippen molar-refractivity contribution < 1.29 is 19.5 Å². The fraction of sp³-hybridized carbons (Fsp3) is 0.550.